The molecule has 0 aliphatic rings. The summed E-state index contributed by atoms with van der Waals surface area (Å²) >= 11 is 0. The Bertz CT molecular complexity index is 826. The van der Waals surface area contributed by atoms with E-state index in [0.717, 1.165) is 22.7 Å². The molecule has 3 rings (SSSR count). The summed E-state index contributed by atoms with van der Waals surface area (Å²) in [6, 6.07) is 16.6. The van der Waals surface area contributed by atoms with Crippen molar-refractivity contribution in [2.75, 3.05) is 17.7 Å². The molecule has 0 aliphatic carbocycles. The van der Waals surface area contributed by atoms with Gasteiger partial charge in [0, 0.05) is 18.3 Å². The van der Waals surface area contributed by atoms with Crippen LogP contribution in [0.2, 0.25) is 0 Å². The number of urea groups is 1. The van der Waals surface area contributed by atoms with Gasteiger partial charge in [0.15, 0.2) is 0 Å². The average molecular weight is 322 g/mol. The van der Waals surface area contributed by atoms with E-state index < -0.39 is 0 Å². The maximum Gasteiger partial charge on any atom is 0.326 e. The van der Waals surface area contributed by atoms with E-state index in [1.54, 1.807) is 13.3 Å². The van der Waals surface area contributed by atoms with Crippen LogP contribution in [0, 0.1) is 0 Å². The molecule has 0 saturated carbocycles. The molecule has 122 valence electrons. The molecule has 2 amide bonds. The molecule has 3 aromatic rings. The summed E-state index contributed by atoms with van der Waals surface area (Å²) < 4.78 is 6.99. The monoisotopic (exact) mass is 322 g/mol. The van der Waals surface area contributed by atoms with Crippen LogP contribution in [0.3, 0.4) is 0 Å². The summed E-state index contributed by atoms with van der Waals surface area (Å²) in [6.45, 7) is 0. The Hall–Kier alpha value is -3.28. The van der Waals surface area contributed by atoms with Gasteiger partial charge in [0.05, 0.1) is 19.0 Å². The topological polar surface area (TPSA) is 68.2 Å². The van der Waals surface area contributed by atoms with Gasteiger partial charge in [-0.1, -0.05) is 18.2 Å². The first-order valence-electron chi connectivity index (χ1n) is 7.46. The van der Waals surface area contributed by atoms with Crippen molar-refractivity contribution in [1.82, 2.24) is 9.55 Å². The summed E-state index contributed by atoms with van der Waals surface area (Å²) in [6.07, 6.45) is 1.72. The smallest absolute Gasteiger partial charge is 0.326 e. The third-order valence-electron chi connectivity index (χ3n) is 3.63. The number of carbonyl (C=O) groups is 1. The minimum Gasteiger partial charge on any atom is -0.497 e. The van der Waals surface area contributed by atoms with Gasteiger partial charge in [-0.15, -0.1) is 0 Å². The Morgan fingerprint density at radius 3 is 2.42 bits per heavy atom. The Labute approximate surface area is 140 Å². The van der Waals surface area contributed by atoms with E-state index in [2.05, 4.69) is 15.6 Å². The minimum atomic E-state index is -0.337. The summed E-state index contributed by atoms with van der Waals surface area (Å²) in [7, 11) is 3.48. The largest absolute Gasteiger partial charge is 0.497 e. The first-order valence-corrected chi connectivity index (χ1v) is 7.46. The lowest BCUT2D eigenvalue weighted by atomic mass is 10.1. The van der Waals surface area contributed by atoms with Gasteiger partial charge in [-0.2, -0.15) is 0 Å². The Morgan fingerprint density at radius 2 is 1.75 bits per heavy atom. The zero-order valence-electron chi connectivity index (χ0n) is 13.5. The van der Waals surface area contributed by atoms with E-state index in [0.29, 0.717) is 5.95 Å². The highest BCUT2D eigenvalue weighted by Gasteiger charge is 2.11. The van der Waals surface area contributed by atoms with E-state index in [1.807, 2.05) is 66.2 Å². The second-order valence-electron chi connectivity index (χ2n) is 5.20. The molecule has 0 saturated heterocycles. The molecule has 1 aromatic heterocycles. The highest BCUT2D eigenvalue weighted by molar-refractivity contribution is 5.98. The highest BCUT2D eigenvalue weighted by atomic mass is 16.5. The fourth-order valence-corrected chi connectivity index (χ4v) is 2.34. The summed E-state index contributed by atoms with van der Waals surface area (Å²) in [5.41, 5.74) is 2.61. The fraction of sp³-hybridized carbons (Fsp3) is 0.111. The van der Waals surface area contributed by atoms with Crippen LogP contribution in [0.4, 0.5) is 16.4 Å². The number of para-hydroxylation sites is 1. The van der Waals surface area contributed by atoms with Crippen molar-refractivity contribution in [2.24, 2.45) is 7.05 Å². The predicted molar refractivity (Wildman–Crippen MR) is 94.3 cm³/mol. The van der Waals surface area contributed by atoms with Crippen LogP contribution in [0.15, 0.2) is 60.8 Å². The number of carbonyl (C=O) groups excluding carboxylic acids is 1. The molecular weight excluding hydrogens is 304 g/mol. The molecule has 0 spiro atoms. The number of imidazole rings is 1. The van der Waals surface area contributed by atoms with Crippen molar-refractivity contribution >= 4 is 17.7 Å². The number of ether oxygens (including phenoxy) is 1. The van der Waals surface area contributed by atoms with Crippen LogP contribution in [0.25, 0.3) is 11.3 Å². The molecule has 0 bridgehead atoms. The molecule has 2 aromatic carbocycles. The summed E-state index contributed by atoms with van der Waals surface area (Å²) in [5, 5.41) is 5.51. The van der Waals surface area contributed by atoms with E-state index in [4.69, 9.17) is 4.74 Å². The Morgan fingerprint density at radius 1 is 1.04 bits per heavy atom. The minimum absolute atomic E-state index is 0.337. The van der Waals surface area contributed by atoms with E-state index in [9.17, 15) is 4.79 Å². The molecule has 6 heteroatoms. The van der Waals surface area contributed by atoms with Gasteiger partial charge in [0.2, 0.25) is 5.95 Å². The van der Waals surface area contributed by atoms with Crippen LogP contribution < -0.4 is 15.4 Å². The van der Waals surface area contributed by atoms with E-state index in [-0.39, 0.29) is 6.03 Å². The number of hydrogen-bond acceptors (Lipinski definition) is 3. The van der Waals surface area contributed by atoms with Crippen molar-refractivity contribution < 1.29 is 9.53 Å². The Kier molecular flexibility index (Phi) is 4.47. The number of nitrogens with one attached hydrogen (secondary N) is 2. The van der Waals surface area contributed by atoms with Gasteiger partial charge in [0.25, 0.3) is 0 Å². The standard InChI is InChI=1S/C18H18N4O2/c1-22-16(13-8-10-15(24-2)11-9-13)12-19-17(22)21-18(23)20-14-6-4-3-5-7-14/h3-12H,1-2H3,(H2,19,20,21,23). The van der Waals surface area contributed by atoms with Crippen molar-refractivity contribution in [2.45, 2.75) is 0 Å². The lowest BCUT2D eigenvalue weighted by Gasteiger charge is -2.09. The zero-order valence-corrected chi connectivity index (χ0v) is 13.5. The molecule has 0 unspecified atom stereocenters. The molecule has 6 nitrogen and oxygen atoms in total. The fourth-order valence-electron chi connectivity index (χ4n) is 2.34. The quantitative estimate of drug-likeness (QED) is 0.769. The number of methoxy groups -OCH3 is 1. The van der Waals surface area contributed by atoms with E-state index >= 15 is 0 Å². The zero-order chi connectivity index (χ0) is 16.9. The average Bonchev–Trinajstić information content (AvgIpc) is 2.96. The third-order valence-corrected chi connectivity index (χ3v) is 3.63. The maximum absolute atomic E-state index is 12.1. The van der Waals surface area contributed by atoms with Gasteiger partial charge in [-0.3, -0.25) is 5.32 Å². The number of amides is 2. The van der Waals surface area contributed by atoms with Crippen LogP contribution in [0.5, 0.6) is 5.75 Å². The van der Waals surface area contributed by atoms with Crippen molar-refractivity contribution in [3.8, 4) is 17.0 Å². The first-order chi connectivity index (χ1) is 11.7. The van der Waals surface area contributed by atoms with Gasteiger partial charge in [-0.05, 0) is 36.4 Å². The van der Waals surface area contributed by atoms with Gasteiger partial charge in [0.1, 0.15) is 5.75 Å². The van der Waals surface area contributed by atoms with Crippen LogP contribution in [-0.2, 0) is 7.05 Å². The first kappa shape index (κ1) is 15.6. The van der Waals surface area contributed by atoms with Crippen molar-refractivity contribution in [1.29, 1.82) is 0 Å². The van der Waals surface area contributed by atoms with Crippen molar-refractivity contribution in [3.05, 3.63) is 60.8 Å². The van der Waals surface area contributed by atoms with Crippen LogP contribution in [-0.4, -0.2) is 22.7 Å². The molecule has 0 atom stereocenters. The summed E-state index contributed by atoms with van der Waals surface area (Å²) in [5.74, 6) is 1.26. The van der Waals surface area contributed by atoms with Crippen molar-refractivity contribution in [3.63, 3.8) is 0 Å². The summed E-state index contributed by atoms with van der Waals surface area (Å²) in [4.78, 5) is 16.3. The molecule has 0 fully saturated rings. The maximum atomic E-state index is 12.1. The van der Waals surface area contributed by atoms with Gasteiger partial charge < -0.3 is 14.6 Å². The second kappa shape index (κ2) is 6.87. The lowest BCUT2D eigenvalue weighted by molar-refractivity contribution is 0.262. The predicted octanol–water partition coefficient (Wildman–Crippen LogP) is 3.74. The van der Waals surface area contributed by atoms with Gasteiger partial charge in [-0.25, -0.2) is 9.78 Å². The Balaban J connectivity index is 1.73. The highest BCUT2D eigenvalue weighted by Crippen LogP contribution is 2.24. The number of aromatic nitrogens is 2. The number of rotatable bonds is 4. The normalized spacial score (nSPS) is 10.2. The molecule has 24 heavy (non-hydrogen) atoms. The molecule has 0 radical (unpaired) electrons. The number of nitrogens with zero attached hydrogens (tertiary/aromatic N) is 2. The number of hydrogen-bond donors (Lipinski definition) is 2. The molecule has 1 heterocycles. The molecule has 2 N–H and O–H groups in total. The van der Waals surface area contributed by atoms with Crippen LogP contribution in [0.1, 0.15) is 0 Å². The van der Waals surface area contributed by atoms with E-state index in [1.165, 1.54) is 0 Å². The molecule has 0 aliphatic heterocycles. The molecular formula is C18H18N4O2. The SMILES string of the molecule is COc1ccc(-c2cnc(NC(=O)Nc3ccccc3)n2C)cc1. The van der Waals surface area contributed by atoms with Crippen LogP contribution >= 0.6 is 0 Å². The second-order valence-corrected chi connectivity index (χ2v) is 5.20. The van der Waals surface area contributed by atoms with Gasteiger partial charge >= 0.3 is 6.03 Å². The lowest BCUT2D eigenvalue weighted by Crippen LogP contribution is -2.21. The number of benzene rings is 2. The third kappa shape index (κ3) is 3.38. The number of anilines is 2.